The van der Waals surface area contributed by atoms with Crippen molar-refractivity contribution >= 4 is 52.7 Å². The standard InChI is InChI=1S/C19H24Cl2O6S/c1-26-17(23)11-19(25,18(24)27-2)12-28-9-5-3-4-6-16(22)14-8-7-13(20)10-15(14)21/h7-8,10,25H,3-6,9,11-12H2,1-2H3. The van der Waals surface area contributed by atoms with Gasteiger partial charge in [0.2, 0.25) is 0 Å². The maximum absolute atomic E-state index is 12.2. The summed E-state index contributed by atoms with van der Waals surface area (Å²) in [7, 11) is 2.34. The van der Waals surface area contributed by atoms with E-state index in [2.05, 4.69) is 9.47 Å². The molecule has 0 aromatic heterocycles. The molecule has 0 aliphatic rings. The summed E-state index contributed by atoms with van der Waals surface area (Å²) in [5.41, 5.74) is -1.44. The van der Waals surface area contributed by atoms with Crippen molar-refractivity contribution in [2.75, 3.05) is 25.7 Å². The zero-order valence-corrected chi connectivity index (χ0v) is 18.2. The van der Waals surface area contributed by atoms with Gasteiger partial charge in [0, 0.05) is 22.8 Å². The van der Waals surface area contributed by atoms with E-state index in [1.807, 2.05) is 0 Å². The third-order valence-corrected chi connectivity index (χ3v) is 5.80. The molecule has 1 atom stereocenters. The van der Waals surface area contributed by atoms with Gasteiger partial charge in [0.25, 0.3) is 0 Å². The number of ether oxygens (including phenoxy) is 2. The van der Waals surface area contributed by atoms with Gasteiger partial charge in [-0.1, -0.05) is 29.6 Å². The number of Topliss-reactive ketones (excluding diaryl/α,β-unsaturated/α-hetero) is 1. The van der Waals surface area contributed by atoms with Crippen molar-refractivity contribution in [3.63, 3.8) is 0 Å². The summed E-state index contributed by atoms with van der Waals surface area (Å²) >= 11 is 13.2. The first kappa shape index (κ1) is 24.8. The minimum Gasteiger partial charge on any atom is -0.469 e. The smallest absolute Gasteiger partial charge is 0.339 e. The van der Waals surface area contributed by atoms with E-state index >= 15 is 0 Å². The van der Waals surface area contributed by atoms with Gasteiger partial charge >= 0.3 is 11.9 Å². The molecule has 0 saturated carbocycles. The topological polar surface area (TPSA) is 89.9 Å². The monoisotopic (exact) mass is 450 g/mol. The Labute approximate surface area is 178 Å². The normalized spacial score (nSPS) is 12.9. The molecule has 0 bridgehead atoms. The molecule has 9 heteroatoms. The number of hydrogen-bond donors (Lipinski definition) is 1. The number of carbonyl (C=O) groups excluding carboxylic acids is 3. The average molecular weight is 451 g/mol. The van der Waals surface area contributed by atoms with Crippen molar-refractivity contribution < 1.29 is 29.0 Å². The molecule has 6 nitrogen and oxygen atoms in total. The van der Waals surface area contributed by atoms with E-state index in [9.17, 15) is 19.5 Å². The highest BCUT2D eigenvalue weighted by atomic mass is 35.5. The number of ketones is 1. The summed E-state index contributed by atoms with van der Waals surface area (Å²) in [6.07, 6.45) is 2.21. The predicted molar refractivity (Wildman–Crippen MR) is 110 cm³/mol. The predicted octanol–water partition coefficient (Wildman–Crippen LogP) is 3.94. The van der Waals surface area contributed by atoms with Gasteiger partial charge in [0.05, 0.1) is 25.7 Å². The number of halogens is 2. The van der Waals surface area contributed by atoms with Crippen LogP contribution in [-0.4, -0.2) is 54.2 Å². The zero-order chi connectivity index (χ0) is 21.2. The first-order valence-corrected chi connectivity index (χ1v) is 10.6. The maximum atomic E-state index is 12.2. The van der Waals surface area contributed by atoms with E-state index in [1.54, 1.807) is 18.2 Å². The van der Waals surface area contributed by atoms with Crippen LogP contribution >= 0.6 is 35.0 Å². The van der Waals surface area contributed by atoms with Gasteiger partial charge in [-0.05, 0) is 36.8 Å². The van der Waals surface area contributed by atoms with E-state index in [0.29, 0.717) is 34.2 Å². The van der Waals surface area contributed by atoms with Crippen molar-refractivity contribution in [3.05, 3.63) is 33.8 Å². The SMILES string of the molecule is COC(=O)CC(O)(CSCCCCCC(=O)c1ccc(Cl)cc1Cl)C(=O)OC. The van der Waals surface area contributed by atoms with Crippen molar-refractivity contribution in [2.24, 2.45) is 0 Å². The molecule has 156 valence electrons. The van der Waals surface area contributed by atoms with Gasteiger partial charge in [0.15, 0.2) is 11.4 Å². The van der Waals surface area contributed by atoms with E-state index in [-0.39, 0.29) is 11.5 Å². The van der Waals surface area contributed by atoms with Crippen LogP contribution in [0.2, 0.25) is 10.0 Å². The van der Waals surface area contributed by atoms with Crippen LogP contribution in [0.1, 0.15) is 42.5 Å². The molecule has 28 heavy (non-hydrogen) atoms. The molecule has 0 saturated heterocycles. The molecule has 0 amide bonds. The number of aliphatic hydroxyl groups is 1. The molecule has 0 aliphatic carbocycles. The molecule has 0 aliphatic heterocycles. The highest BCUT2D eigenvalue weighted by Gasteiger charge is 2.39. The number of thioether (sulfide) groups is 1. The summed E-state index contributed by atoms with van der Waals surface area (Å²) in [5, 5.41) is 11.2. The Balaban J connectivity index is 2.33. The van der Waals surface area contributed by atoms with Gasteiger partial charge in [-0.2, -0.15) is 11.8 Å². The molecule has 1 aromatic rings. The number of methoxy groups -OCH3 is 2. The number of esters is 2. The fraction of sp³-hybridized carbons (Fsp3) is 0.526. The molecular weight excluding hydrogens is 427 g/mol. The fourth-order valence-electron chi connectivity index (χ4n) is 2.44. The van der Waals surface area contributed by atoms with Gasteiger partial charge in [0.1, 0.15) is 0 Å². The van der Waals surface area contributed by atoms with Crippen molar-refractivity contribution in [1.82, 2.24) is 0 Å². The van der Waals surface area contributed by atoms with Gasteiger partial charge in [-0.15, -0.1) is 0 Å². The molecule has 1 unspecified atom stereocenters. The summed E-state index contributed by atoms with van der Waals surface area (Å²) < 4.78 is 9.08. The fourth-order valence-corrected chi connectivity index (χ4v) is 4.06. The Kier molecular flexibility index (Phi) is 10.9. The summed E-state index contributed by atoms with van der Waals surface area (Å²) in [5.74, 6) is -0.902. The van der Waals surface area contributed by atoms with Crippen LogP contribution in [0.3, 0.4) is 0 Å². The quantitative estimate of drug-likeness (QED) is 0.293. The second-order valence-electron chi connectivity index (χ2n) is 6.19. The minimum absolute atomic E-state index is 0.0219. The molecule has 0 spiro atoms. The summed E-state index contributed by atoms with van der Waals surface area (Å²) in [6.45, 7) is 0. The van der Waals surface area contributed by atoms with E-state index in [0.717, 1.165) is 20.0 Å². The number of rotatable bonds is 12. The van der Waals surface area contributed by atoms with Crippen LogP contribution in [0.5, 0.6) is 0 Å². The third kappa shape index (κ3) is 7.99. The molecule has 0 heterocycles. The van der Waals surface area contributed by atoms with Crippen molar-refractivity contribution in [2.45, 2.75) is 37.7 Å². The molecule has 1 aromatic carbocycles. The molecule has 0 fully saturated rings. The molecule has 1 rings (SSSR count). The Hall–Kier alpha value is -1.28. The number of hydrogen-bond acceptors (Lipinski definition) is 7. The van der Waals surface area contributed by atoms with Gasteiger partial charge in [-0.25, -0.2) is 4.79 Å². The lowest BCUT2D eigenvalue weighted by Gasteiger charge is -2.23. The third-order valence-electron chi connectivity index (χ3n) is 3.99. The van der Waals surface area contributed by atoms with E-state index in [4.69, 9.17) is 23.2 Å². The number of carbonyl (C=O) groups is 3. The van der Waals surface area contributed by atoms with E-state index in [1.165, 1.54) is 18.9 Å². The van der Waals surface area contributed by atoms with Crippen LogP contribution in [0, 0.1) is 0 Å². The maximum Gasteiger partial charge on any atom is 0.339 e. The Morgan fingerprint density at radius 3 is 2.43 bits per heavy atom. The zero-order valence-electron chi connectivity index (χ0n) is 15.8. The lowest BCUT2D eigenvalue weighted by molar-refractivity contribution is -0.166. The van der Waals surface area contributed by atoms with Crippen molar-refractivity contribution in [3.8, 4) is 0 Å². The molecule has 1 N–H and O–H groups in total. The highest BCUT2D eigenvalue weighted by molar-refractivity contribution is 7.99. The van der Waals surface area contributed by atoms with Crippen LogP contribution in [0.25, 0.3) is 0 Å². The minimum atomic E-state index is -1.91. The second kappa shape index (κ2) is 12.3. The molecular formula is C19H24Cl2O6S. The second-order valence-corrected chi connectivity index (χ2v) is 8.14. The Morgan fingerprint density at radius 1 is 1.11 bits per heavy atom. The van der Waals surface area contributed by atoms with E-state index < -0.39 is 24.0 Å². The number of unbranched alkanes of at least 4 members (excludes halogenated alkanes) is 2. The summed E-state index contributed by atoms with van der Waals surface area (Å²) in [4.78, 5) is 35.3. The Bertz CT molecular complexity index is 697. The van der Waals surface area contributed by atoms with Gasteiger partial charge < -0.3 is 14.6 Å². The molecule has 0 radical (unpaired) electrons. The average Bonchev–Trinajstić information content (AvgIpc) is 2.66. The largest absolute Gasteiger partial charge is 0.469 e. The van der Waals surface area contributed by atoms with Crippen molar-refractivity contribution in [1.29, 1.82) is 0 Å². The lowest BCUT2D eigenvalue weighted by Crippen LogP contribution is -2.44. The number of benzene rings is 1. The van der Waals surface area contributed by atoms with Gasteiger partial charge in [-0.3, -0.25) is 9.59 Å². The van der Waals surface area contributed by atoms with Crippen LogP contribution < -0.4 is 0 Å². The first-order valence-electron chi connectivity index (χ1n) is 8.67. The Morgan fingerprint density at radius 2 is 1.82 bits per heavy atom. The highest BCUT2D eigenvalue weighted by Crippen LogP contribution is 2.24. The van der Waals surface area contributed by atoms with Crippen LogP contribution in [0.4, 0.5) is 0 Å². The van der Waals surface area contributed by atoms with Crippen LogP contribution in [0.15, 0.2) is 18.2 Å². The summed E-state index contributed by atoms with van der Waals surface area (Å²) in [6, 6.07) is 4.80. The lowest BCUT2D eigenvalue weighted by atomic mass is 10.0. The first-order chi connectivity index (χ1) is 13.2. The van der Waals surface area contributed by atoms with Crippen LogP contribution in [-0.2, 0) is 19.1 Å².